The minimum atomic E-state index is -3.30. The summed E-state index contributed by atoms with van der Waals surface area (Å²) in [4.78, 5) is 21.6. The second kappa shape index (κ2) is 9.54. The number of sulfonamides is 1. The molecule has 8 nitrogen and oxygen atoms in total. The van der Waals surface area contributed by atoms with Crippen molar-refractivity contribution in [1.29, 1.82) is 0 Å². The molecular formula is C11H23N3O5S. The first kappa shape index (κ1) is 18.7. The number of nitrogens with zero attached hydrogens (tertiary/aromatic N) is 1. The Morgan fingerprint density at radius 2 is 1.65 bits per heavy atom. The van der Waals surface area contributed by atoms with E-state index in [1.807, 2.05) is 0 Å². The summed E-state index contributed by atoms with van der Waals surface area (Å²) in [7, 11) is -0.425. The van der Waals surface area contributed by atoms with E-state index in [1.54, 1.807) is 0 Å². The zero-order chi connectivity index (χ0) is 15.6. The normalized spacial score (nSPS) is 11.3. The van der Waals surface area contributed by atoms with Crippen LogP contribution in [0.3, 0.4) is 0 Å². The third kappa shape index (κ3) is 9.56. The van der Waals surface area contributed by atoms with E-state index in [4.69, 9.17) is 5.11 Å². The van der Waals surface area contributed by atoms with E-state index in [-0.39, 0.29) is 18.7 Å². The number of amides is 2. The lowest BCUT2D eigenvalue weighted by molar-refractivity contribution is -0.137. The van der Waals surface area contributed by atoms with Gasteiger partial charge in [0, 0.05) is 33.6 Å². The predicted octanol–water partition coefficient (Wildman–Crippen LogP) is -0.178. The van der Waals surface area contributed by atoms with E-state index in [0.29, 0.717) is 19.4 Å². The number of unbranched alkanes of at least 4 members (excludes halogenated alkanes) is 2. The highest BCUT2D eigenvalue weighted by atomic mass is 32.2. The third-order valence-corrected chi connectivity index (χ3v) is 4.39. The second-order valence-electron chi connectivity index (χ2n) is 4.49. The molecule has 0 aliphatic heterocycles. The van der Waals surface area contributed by atoms with Gasteiger partial charge in [-0.25, -0.2) is 17.5 Å². The maximum absolute atomic E-state index is 11.4. The zero-order valence-electron chi connectivity index (χ0n) is 11.9. The van der Waals surface area contributed by atoms with E-state index in [0.717, 1.165) is 10.7 Å². The van der Waals surface area contributed by atoms with Crippen molar-refractivity contribution in [2.75, 3.05) is 32.9 Å². The average Bonchev–Trinajstić information content (AvgIpc) is 2.32. The van der Waals surface area contributed by atoms with Gasteiger partial charge < -0.3 is 15.7 Å². The molecule has 0 aromatic carbocycles. The number of hydrogen-bond acceptors (Lipinski definition) is 4. The maximum atomic E-state index is 11.4. The molecule has 0 unspecified atom stereocenters. The van der Waals surface area contributed by atoms with Gasteiger partial charge in [0.05, 0.1) is 5.75 Å². The Balaban J connectivity index is 3.58. The summed E-state index contributed by atoms with van der Waals surface area (Å²) in [5, 5.41) is 13.5. The van der Waals surface area contributed by atoms with Crippen LogP contribution in [0.2, 0.25) is 0 Å². The molecule has 0 heterocycles. The Labute approximate surface area is 119 Å². The number of hydrogen-bond donors (Lipinski definition) is 3. The summed E-state index contributed by atoms with van der Waals surface area (Å²) in [6.45, 7) is 0.483. The predicted molar refractivity (Wildman–Crippen MR) is 75.0 cm³/mol. The summed E-state index contributed by atoms with van der Waals surface area (Å²) >= 11 is 0. The van der Waals surface area contributed by atoms with Gasteiger partial charge in [-0.1, -0.05) is 6.42 Å². The molecular weight excluding hydrogens is 286 g/mol. The number of urea groups is 1. The Hall–Kier alpha value is -1.35. The lowest BCUT2D eigenvalue weighted by Gasteiger charge is -2.12. The van der Waals surface area contributed by atoms with Crippen molar-refractivity contribution in [3.05, 3.63) is 0 Å². The van der Waals surface area contributed by atoms with Gasteiger partial charge in [0.15, 0.2) is 0 Å². The minimum absolute atomic E-state index is 0.0470. The molecule has 20 heavy (non-hydrogen) atoms. The van der Waals surface area contributed by atoms with Gasteiger partial charge in [-0.3, -0.25) is 4.79 Å². The number of carbonyl (C=O) groups is 2. The summed E-state index contributed by atoms with van der Waals surface area (Å²) in [5.74, 6) is -0.968. The molecule has 0 aliphatic rings. The van der Waals surface area contributed by atoms with Gasteiger partial charge >= 0.3 is 12.0 Å². The number of nitrogens with one attached hydrogen (secondary N) is 2. The van der Waals surface area contributed by atoms with Crippen LogP contribution < -0.4 is 10.6 Å². The van der Waals surface area contributed by atoms with Crippen LogP contribution in [0.25, 0.3) is 0 Å². The van der Waals surface area contributed by atoms with E-state index in [2.05, 4.69) is 10.6 Å². The van der Waals surface area contributed by atoms with Crippen LogP contribution in [0, 0.1) is 0 Å². The van der Waals surface area contributed by atoms with Gasteiger partial charge in [-0.15, -0.1) is 0 Å². The van der Waals surface area contributed by atoms with Gasteiger partial charge in [0.1, 0.15) is 0 Å². The maximum Gasteiger partial charge on any atom is 0.314 e. The molecule has 3 N–H and O–H groups in total. The van der Waals surface area contributed by atoms with E-state index in [1.165, 1.54) is 14.1 Å². The van der Waals surface area contributed by atoms with Crippen LogP contribution in [0.5, 0.6) is 0 Å². The van der Waals surface area contributed by atoms with Crippen LogP contribution in [-0.4, -0.2) is 62.8 Å². The fourth-order valence-corrected chi connectivity index (χ4v) is 2.04. The zero-order valence-corrected chi connectivity index (χ0v) is 12.7. The van der Waals surface area contributed by atoms with Crippen LogP contribution in [-0.2, 0) is 14.8 Å². The number of aliphatic carboxylic acids is 1. The topological polar surface area (TPSA) is 116 Å². The van der Waals surface area contributed by atoms with Crippen LogP contribution >= 0.6 is 0 Å². The minimum Gasteiger partial charge on any atom is -0.481 e. The molecule has 0 rings (SSSR count). The second-order valence-corrected chi connectivity index (χ2v) is 6.79. The third-order valence-electron chi connectivity index (χ3n) is 2.55. The standard InChI is InChI=1S/C11H23N3O5S/c1-14(2)20(18,19)9-8-13-11(17)12-7-5-3-4-6-10(15)16/h3-9H2,1-2H3,(H,15,16)(H2,12,13,17). The highest BCUT2D eigenvalue weighted by Gasteiger charge is 2.13. The largest absolute Gasteiger partial charge is 0.481 e. The van der Waals surface area contributed by atoms with Crippen LogP contribution in [0.15, 0.2) is 0 Å². The monoisotopic (exact) mass is 309 g/mol. The van der Waals surface area contributed by atoms with Crippen molar-refractivity contribution < 1.29 is 23.1 Å². The molecule has 0 saturated heterocycles. The van der Waals surface area contributed by atoms with E-state index < -0.39 is 22.0 Å². The number of rotatable bonds is 10. The van der Waals surface area contributed by atoms with Crippen molar-refractivity contribution in [3.8, 4) is 0 Å². The van der Waals surface area contributed by atoms with Gasteiger partial charge in [-0.05, 0) is 12.8 Å². The highest BCUT2D eigenvalue weighted by molar-refractivity contribution is 7.89. The summed E-state index contributed by atoms with van der Waals surface area (Å²) in [5.41, 5.74) is 0. The molecule has 118 valence electrons. The lowest BCUT2D eigenvalue weighted by atomic mass is 10.2. The number of carbonyl (C=O) groups excluding carboxylic acids is 1. The summed E-state index contributed by atoms with van der Waals surface area (Å²) in [6, 6.07) is -0.419. The van der Waals surface area contributed by atoms with Crippen molar-refractivity contribution in [1.82, 2.24) is 14.9 Å². The first-order chi connectivity index (χ1) is 9.25. The highest BCUT2D eigenvalue weighted by Crippen LogP contribution is 1.98. The molecule has 0 atom stereocenters. The van der Waals surface area contributed by atoms with Gasteiger partial charge in [0.25, 0.3) is 0 Å². The summed E-state index contributed by atoms with van der Waals surface area (Å²) < 4.78 is 23.9. The van der Waals surface area contributed by atoms with Crippen molar-refractivity contribution in [2.24, 2.45) is 0 Å². The number of carboxylic acids is 1. The average molecular weight is 309 g/mol. The molecule has 2 amide bonds. The van der Waals surface area contributed by atoms with E-state index >= 15 is 0 Å². The Bertz CT molecular complexity index is 408. The smallest absolute Gasteiger partial charge is 0.314 e. The SMILES string of the molecule is CN(C)S(=O)(=O)CCNC(=O)NCCCCCC(=O)O. The van der Waals surface area contributed by atoms with Crippen molar-refractivity contribution in [3.63, 3.8) is 0 Å². The number of carboxylic acid groups (broad SMARTS) is 1. The summed E-state index contributed by atoms with van der Waals surface area (Å²) in [6.07, 6.45) is 2.13. The molecule has 0 radical (unpaired) electrons. The molecule has 0 fully saturated rings. The molecule has 0 saturated carbocycles. The fraction of sp³-hybridized carbons (Fsp3) is 0.818. The fourth-order valence-electron chi connectivity index (χ4n) is 1.32. The first-order valence-electron chi connectivity index (χ1n) is 6.39. The van der Waals surface area contributed by atoms with E-state index in [9.17, 15) is 18.0 Å². The Morgan fingerprint density at radius 3 is 2.20 bits per heavy atom. The molecule has 9 heteroatoms. The van der Waals surface area contributed by atoms with Crippen LogP contribution in [0.1, 0.15) is 25.7 Å². The first-order valence-corrected chi connectivity index (χ1v) is 8.00. The lowest BCUT2D eigenvalue weighted by Crippen LogP contribution is -2.40. The Morgan fingerprint density at radius 1 is 1.05 bits per heavy atom. The van der Waals surface area contributed by atoms with Crippen molar-refractivity contribution >= 4 is 22.0 Å². The quantitative estimate of drug-likeness (QED) is 0.484. The van der Waals surface area contributed by atoms with Gasteiger partial charge in [-0.2, -0.15) is 0 Å². The van der Waals surface area contributed by atoms with Crippen molar-refractivity contribution in [2.45, 2.75) is 25.7 Å². The molecule has 0 aliphatic carbocycles. The van der Waals surface area contributed by atoms with Gasteiger partial charge in [0.2, 0.25) is 10.0 Å². The Kier molecular flexibility index (Phi) is 8.89. The molecule has 0 bridgehead atoms. The molecule has 0 spiro atoms. The van der Waals surface area contributed by atoms with Crippen LogP contribution in [0.4, 0.5) is 4.79 Å². The molecule has 0 aromatic heterocycles. The molecule has 0 aromatic rings.